The van der Waals surface area contributed by atoms with Gasteiger partial charge < -0.3 is 14.2 Å². The molecule has 0 N–H and O–H groups in total. The number of hydrogen-bond donors (Lipinski definition) is 0. The van der Waals surface area contributed by atoms with Crippen LogP contribution in [-0.4, -0.2) is 37.2 Å². The highest BCUT2D eigenvalue weighted by molar-refractivity contribution is 5.71. The molecule has 0 saturated heterocycles. The molecule has 0 amide bonds. The normalized spacial score (nSPS) is 13.3. The lowest BCUT2D eigenvalue weighted by molar-refractivity contribution is -0.166. The monoisotopic (exact) mass is 1000 g/mol. The first-order valence-corrected chi connectivity index (χ1v) is 29.0. The largest absolute Gasteiger partial charge is 0.462 e. The first-order valence-electron chi connectivity index (χ1n) is 29.0. The molecule has 0 fully saturated rings. The molecule has 0 aliphatic rings. The van der Waals surface area contributed by atoms with Crippen LogP contribution in [0.25, 0.3) is 0 Å². The van der Waals surface area contributed by atoms with Crippen LogP contribution in [0.2, 0.25) is 0 Å². The van der Waals surface area contributed by atoms with E-state index in [-0.39, 0.29) is 31.6 Å². The van der Waals surface area contributed by atoms with Crippen LogP contribution >= 0.6 is 0 Å². The molecule has 408 valence electrons. The van der Waals surface area contributed by atoms with Crippen LogP contribution in [0.1, 0.15) is 226 Å². The van der Waals surface area contributed by atoms with Gasteiger partial charge in [-0.25, -0.2) is 0 Å². The molecule has 0 bridgehead atoms. The number of hydrogen-bond acceptors (Lipinski definition) is 6. The molecule has 0 saturated carbocycles. The van der Waals surface area contributed by atoms with Gasteiger partial charge in [-0.2, -0.15) is 0 Å². The van der Waals surface area contributed by atoms with E-state index < -0.39 is 12.1 Å². The summed E-state index contributed by atoms with van der Waals surface area (Å²) in [4.78, 5) is 38.2. The maximum Gasteiger partial charge on any atom is 0.306 e. The third-order valence-electron chi connectivity index (χ3n) is 11.5. The third-order valence-corrected chi connectivity index (χ3v) is 11.5. The average molecular weight is 1010 g/mol. The minimum Gasteiger partial charge on any atom is -0.462 e. The van der Waals surface area contributed by atoms with E-state index in [1.807, 2.05) is 12.2 Å². The minimum atomic E-state index is -0.841. The Balaban J connectivity index is 4.59. The highest BCUT2D eigenvalue weighted by Gasteiger charge is 2.19. The van der Waals surface area contributed by atoms with Gasteiger partial charge in [0.05, 0.1) is 0 Å². The van der Waals surface area contributed by atoms with Crippen molar-refractivity contribution >= 4 is 17.9 Å². The van der Waals surface area contributed by atoms with E-state index in [4.69, 9.17) is 14.2 Å². The van der Waals surface area contributed by atoms with Crippen LogP contribution < -0.4 is 0 Å². The minimum absolute atomic E-state index is 0.129. The summed E-state index contributed by atoms with van der Waals surface area (Å²) < 4.78 is 16.8. The van der Waals surface area contributed by atoms with Crippen molar-refractivity contribution in [1.29, 1.82) is 0 Å². The van der Waals surface area contributed by atoms with Gasteiger partial charge in [0.2, 0.25) is 0 Å². The van der Waals surface area contributed by atoms with E-state index in [9.17, 15) is 14.4 Å². The lowest BCUT2D eigenvalue weighted by atomic mass is 10.1. The second-order valence-corrected chi connectivity index (χ2v) is 18.4. The van der Waals surface area contributed by atoms with Crippen LogP contribution in [-0.2, 0) is 28.6 Å². The molecule has 1 unspecified atom stereocenters. The highest BCUT2D eigenvalue weighted by atomic mass is 16.6. The Morgan fingerprint density at radius 1 is 0.288 bits per heavy atom. The third kappa shape index (κ3) is 57.8. The summed E-state index contributed by atoms with van der Waals surface area (Å²) in [5.41, 5.74) is 0. The maximum atomic E-state index is 12.8. The van der Waals surface area contributed by atoms with Crippen LogP contribution in [0.5, 0.6) is 0 Å². The maximum absolute atomic E-state index is 12.8. The van der Waals surface area contributed by atoms with E-state index in [2.05, 4.69) is 167 Å². The second-order valence-electron chi connectivity index (χ2n) is 18.4. The van der Waals surface area contributed by atoms with Crippen molar-refractivity contribution < 1.29 is 28.6 Å². The topological polar surface area (TPSA) is 78.9 Å². The Labute approximate surface area is 448 Å². The van der Waals surface area contributed by atoms with Gasteiger partial charge in [-0.3, -0.25) is 14.4 Å². The molecule has 0 aliphatic heterocycles. The van der Waals surface area contributed by atoms with Crippen LogP contribution in [0, 0.1) is 0 Å². The van der Waals surface area contributed by atoms with Gasteiger partial charge in [0, 0.05) is 19.3 Å². The van der Waals surface area contributed by atoms with Crippen LogP contribution in [0.4, 0.5) is 0 Å². The average Bonchev–Trinajstić information content (AvgIpc) is 3.39. The van der Waals surface area contributed by atoms with Gasteiger partial charge >= 0.3 is 17.9 Å². The summed E-state index contributed by atoms with van der Waals surface area (Å²) in [5, 5.41) is 0. The number of esters is 3. The molecule has 1 atom stereocenters. The SMILES string of the molecule is CC/C=C\C/C=C\C/C=C\C/C=C\C/C=C\C/C=C\CCC(=O)OC(COC(=O)CCCCCCC/C=C\C/C=C\C/C=C\C/C=C\C/C=C\CC)COC(=O)CCCCCCC/C=C\C/C=C\CCCCC. The number of rotatable bonds is 50. The Kier molecular flexibility index (Phi) is 55.5. The molecule has 0 rings (SSSR count). The first-order chi connectivity index (χ1) is 36.0. The van der Waals surface area contributed by atoms with Gasteiger partial charge in [0.25, 0.3) is 0 Å². The van der Waals surface area contributed by atoms with Crippen molar-refractivity contribution in [1.82, 2.24) is 0 Å². The van der Waals surface area contributed by atoms with Gasteiger partial charge in [0.1, 0.15) is 13.2 Å². The number of unbranched alkanes of at least 4 members (excludes halogenated alkanes) is 13. The summed E-state index contributed by atoms with van der Waals surface area (Å²) in [7, 11) is 0. The molecule has 6 heteroatoms. The molecule has 0 aliphatic carbocycles. The van der Waals surface area contributed by atoms with E-state index in [0.717, 1.165) is 154 Å². The Morgan fingerprint density at radius 2 is 0.562 bits per heavy atom. The summed E-state index contributed by atoms with van der Waals surface area (Å²) in [6.07, 6.45) is 86.7. The molecular formula is C67H104O6. The molecule has 6 nitrogen and oxygen atoms in total. The standard InChI is InChI=1S/C67H104O6/c1-4-7-10-13-16-19-22-25-28-30-32-33-35-36-39-42-45-48-51-54-57-60-66(69)72-63-64(62-71-65(68)59-56-53-50-47-44-41-38-27-24-21-18-15-12-9-6-3)73-67(70)61-58-55-52-49-46-43-40-37-34-31-29-26-23-20-17-14-11-8-5-2/h7-8,10-11,16-21,25-29,32-34,36-39,43,46,52,55,64H,4-6,9,12-15,22-24,30-31,35,40-42,44-45,47-51,53-54,56-63H2,1-3H3/b10-7-,11-8-,19-16-,20-17-,21-18-,28-25-,29-26-,33-32-,37-34-,38-27-,39-36-,46-43-,55-52-. The second kappa shape index (κ2) is 59.6. The van der Waals surface area contributed by atoms with Gasteiger partial charge in [-0.15, -0.1) is 0 Å². The van der Waals surface area contributed by atoms with Crippen LogP contribution in [0.15, 0.2) is 158 Å². The smallest absolute Gasteiger partial charge is 0.306 e. The number of carbonyl (C=O) groups excluding carboxylic acids is 3. The summed E-state index contributed by atoms with van der Waals surface area (Å²) in [6.45, 7) is 6.28. The van der Waals surface area contributed by atoms with Gasteiger partial charge in [-0.05, 0) is 135 Å². The highest BCUT2D eigenvalue weighted by Crippen LogP contribution is 2.12. The summed E-state index contributed by atoms with van der Waals surface area (Å²) in [5.74, 6) is -1.05. The Morgan fingerprint density at radius 3 is 0.890 bits per heavy atom. The van der Waals surface area contributed by atoms with Crippen molar-refractivity contribution in [3.05, 3.63) is 158 Å². The van der Waals surface area contributed by atoms with Crippen molar-refractivity contribution in [3.8, 4) is 0 Å². The van der Waals surface area contributed by atoms with Crippen molar-refractivity contribution in [3.63, 3.8) is 0 Å². The number of ether oxygens (including phenoxy) is 3. The molecule has 0 heterocycles. The number of carbonyl (C=O) groups is 3. The Hall–Kier alpha value is -4.97. The molecular weight excluding hydrogens is 901 g/mol. The zero-order chi connectivity index (χ0) is 52.9. The lowest BCUT2D eigenvalue weighted by Crippen LogP contribution is -2.30. The van der Waals surface area contributed by atoms with Gasteiger partial charge in [0.15, 0.2) is 6.10 Å². The quantitative estimate of drug-likeness (QED) is 0.0261. The van der Waals surface area contributed by atoms with Crippen molar-refractivity contribution in [2.75, 3.05) is 13.2 Å². The fourth-order valence-corrected chi connectivity index (χ4v) is 7.23. The Bertz CT molecular complexity index is 1670. The zero-order valence-electron chi connectivity index (χ0n) is 46.6. The summed E-state index contributed by atoms with van der Waals surface area (Å²) in [6, 6.07) is 0. The number of allylic oxidation sites excluding steroid dienone is 26. The lowest BCUT2D eigenvalue weighted by Gasteiger charge is -2.18. The zero-order valence-corrected chi connectivity index (χ0v) is 46.6. The molecule has 0 aromatic heterocycles. The molecule has 0 aromatic rings. The molecule has 0 radical (unpaired) electrons. The predicted octanol–water partition coefficient (Wildman–Crippen LogP) is 19.8. The molecule has 0 spiro atoms. The fraction of sp³-hybridized carbons (Fsp3) is 0.567. The first kappa shape index (κ1) is 68.0. The summed E-state index contributed by atoms with van der Waals surface area (Å²) >= 11 is 0. The van der Waals surface area contributed by atoms with E-state index in [1.165, 1.54) is 25.7 Å². The van der Waals surface area contributed by atoms with Crippen molar-refractivity contribution in [2.24, 2.45) is 0 Å². The van der Waals surface area contributed by atoms with Crippen molar-refractivity contribution in [2.45, 2.75) is 232 Å². The molecule has 73 heavy (non-hydrogen) atoms. The van der Waals surface area contributed by atoms with Crippen LogP contribution in [0.3, 0.4) is 0 Å². The van der Waals surface area contributed by atoms with E-state index >= 15 is 0 Å². The predicted molar refractivity (Wildman–Crippen MR) is 315 cm³/mol. The fourth-order valence-electron chi connectivity index (χ4n) is 7.23. The van der Waals surface area contributed by atoms with E-state index in [1.54, 1.807) is 0 Å². The molecule has 0 aromatic carbocycles. The van der Waals surface area contributed by atoms with E-state index in [0.29, 0.717) is 19.3 Å². The van der Waals surface area contributed by atoms with Gasteiger partial charge in [-0.1, -0.05) is 230 Å².